The topological polar surface area (TPSA) is 66.4 Å². The first-order valence-corrected chi connectivity index (χ1v) is 7.64. The summed E-state index contributed by atoms with van der Waals surface area (Å²) in [5, 5.41) is 12.0. The number of carboxylic acids is 1. The van der Waals surface area contributed by atoms with Crippen LogP contribution in [0.2, 0.25) is 0 Å². The van der Waals surface area contributed by atoms with Crippen LogP contribution in [-0.2, 0) is 9.59 Å². The Morgan fingerprint density at radius 2 is 1.89 bits per heavy atom. The summed E-state index contributed by atoms with van der Waals surface area (Å²) in [6.45, 7) is 0. The van der Waals surface area contributed by atoms with Crippen molar-refractivity contribution in [3.8, 4) is 0 Å². The molecule has 0 aromatic rings. The molecule has 106 valence electrons. The van der Waals surface area contributed by atoms with Crippen LogP contribution >= 0.6 is 0 Å². The molecular weight excluding hydrogens is 242 g/mol. The van der Waals surface area contributed by atoms with Crippen molar-refractivity contribution in [3.63, 3.8) is 0 Å². The Balaban J connectivity index is 1.43. The number of fused-ring (bicyclic) bond motifs is 2. The Labute approximate surface area is 113 Å². The van der Waals surface area contributed by atoms with Gasteiger partial charge in [0.2, 0.25) is 5.91 Å². The normalized spacial score (nSPS) is 40.5. The minimum absolute atomic E-state index is 0.0900. The maximum Gasteiger partial charge on any atom is 0.306 e. The first-order chi connectivity index (χ1) is 9.11. The Kier molecular flexibility index (Phi) is 3.50. The van der Waals surface area contributed by atoms with E-state index in [4.69, 9.17) is 5.11 Å². The molecule has 0 aromatic carbocycles. The Morgan fingerprint density at radius 1 is 1.05 bits per heavy atom. The van der Waals surface area contributed by atoms with Crippen molar-refractivity contribution >= 4 is 11.9 Å². The van der Waals surface area contributed by atoms with Gasteiger partial charge in [0, 0.05) is 12.5 Å². The second-order valence-electron chi connectivity index (χ2n) is 6.75. The van der Waals surface area contributed by atoms with E-state index in [0.29, 0.717) is 25.2 Å². The molecule has 19 heavy (non-hydrogen) atoms. The van der Waals surface area contributed by atoms with Crippen LogP contribution in [0.4, 0.5) is 0 Å². The summed E-state index contributed by atoms with van der Waals surface area (Å²) >= 11 is 0. The van der Waals surface area contributed by atoms with Crippen LogP contribution in [0.25, 0.3) is 0 Å². The molecule has 0 aliphatic heterocycles. The molecule has 0 spiro atoms. The van der Waals surface area contributed by atoms with Crippen LogP contribution in [-0.4, -0.2) is 23.0 Å². The van der Waals surface area contributed by atoms with Gasteiger partial charge >= 0.3 is 5.97 Å². The second-order valence-corrected chi connectivity index (χ2v) is 6.75. The van der Waals surface area contributed by atoms with Crippen molar-refractivity contribution in [2.45, 2.75) is 57.4 Å². The van der Waals surface area contributed by atoms with E-state index in [9.17, 15) is 9.59 Å². The van der Waals surface area contributed by atoms with E-state index in [2.05, 4.69) is 5.32 Å². The number of aliphatic carboxylic acids is 1. The van der Waals surface area contributed by atoms with E-state index in [0.717, 1.165) is 18.3 Å². The van der Waals surface area contributed by atoms with Crippen LogP contribution in [0.5, 0.6) is 0 Å². The number of carboxylic acid groups (broad SMARTS) is 1. The Morgan fingerprint density at radius 3 is 2.47 bits per heavy atom. The fourth-order valence-electron chi connectivity index (χ4n) is 4.49. The molecule has 1 amide bonds. The van der Waals surface area contributed by atoms with Gasteiger partial charge in [0.1, 0.15) is 0 Å². The van der Waals surface area contributed by atoms with Gasteiger partial charge in [0.05, 0.1) is 5.92 Å². The van der Waals surface area contributed by atoms with Gasteiger partial charge in [-0.25, -0.2) is 0 Å². The average molecular weight is 265 g/mol. The zero-order valence-corrected chi connectivity index (χ0v) is 11.3. The molecule has 5 atom stereocenters. The minimum atomic E-state index is -0.718. The van der Waals surface area contributed by atoms with Crippen LogP contribution in [0.15, 0.2) is 0 Å². The second kappa shape index (κ2) is 5.14. The Hall–Kier alpha value is -1.06. The number of amides is 1. The first-order valence-electron chi connectivity index (χ1n) is 7.64. The summed E-state index contributed by atoms with van der Waals surface area (Å²) in [5.41, 5.74) is 0. The van der Waals surface area contributed by atoms with Gasteiger partial charge in [-0.05, 0) is 56.3 Å². The van der Waals surface area contributed by atoms with E-state index in [1.807, 2.05) is 0 Å². The summed E-state index contributed by atoms with van der Waals surface area (Å²) in [7, 11) is 0. The molecule has 3 rings (SSSR count). The molecule has 3 aliphatic rings. The van der Waals surface area contributed by atoms with Gasteiger partial charge in [-0.1, -0.05) is 6.42 Å². The Bertz CT molecular complexity index is 382. The molecule has 4 heteroatoms. The smallest absolute Gasteiger partial charge is 0.306 e. The standard InChI is InChI=1S/C15H23NO3/c17-14(8-12-6-9-1-2-10(12)5-9)16-13-4-3-11(7-13)15(18)19/h9-13H,1-8H2,(H,16,17)(H,18,19)/t9?,10?,11-,12?,13+/m0/s1. The molecule has 0 saturated heterocycles. The fraction of sp³-hybridized carbons (Fsp3) is 0.867. The van der Waals surface area contributed by atoms with Gasteiger partial charge in [-0.15, -0.1) is 0 Å². The average Bonchev–Trinajstić information content (AvgIpc) is 3.03. The number of carbonyl (C=O) groups is 2. The number of hydrogen-bond donors (Lipinski definition) is 2. The van der Waals surface area contributed by atoms with Gasteiger partial charge in [-0.3, -0.25) is 9.59 Å². The van der Waals surface area contributed by atoms with Gasteiger partial charge in [0.25, 0.3) is 0 Å². The highest BCUT2D eigenvalue weighted by Gasteiger charge is 2.40. The maximum atomic E-state index is 12.0. The highest BCUT2D eigenvalue weighted by molar-refractivity contribution is 5.77. The van der Waals surface area contributed by atoms with Crippen molar-refractivity contribution < 1.29 is 14.7 Å². The minimum Gasteiger partial charge on any atom is -0.481 e. The van der Waals surface area contributed by atoms with Crippen molar-refractivity contribution in [1.82, 2.24) is 5.32 Å². The predicted octanol–water partition coefficient (Wildman–Crippen LogP) is 2.18. The van der Waals surface area contributed by atoms with Crippen LogP contribution in [0.1, 0.15) is 51.4 Å². The summed E-state index contributed by atoms with van der Waals surface area (Å²) in [6, 6.07) is 0.0900. The van der Waals surface area contributed by atoms with Crippen molar-refractivity contribution in [2.75, 3.05) is 0 Å². The van der Waals surface area contributed by atoms with Crippen LogP contribution in [0.3, 0.4) is 0 Å². The van der Waals surface area contributed by atoms with E-state index < -0.39 is 5.97 Å². The molecule has 2 N–H and O–H groups in total. The molecule has 0 aromatic heterocycles. The third-order valence-electron chi connectivity index (χ3n) is 5.48. The zero-order chi connectivity index (χ0) is 13.4. The number of rotatable bonds is 4. The molecule has 0 heterocycles. The zero-order valence-electron chi connectivity index (χ0n) is 11.3. The van der Waals surface area contributed by atoms with Crippen molar-refractivity contribution in [3.05, 3.63) is 0 Å². The van der Waals surface area contributed by atoms with E-state index in [1.54, 1.807) is 0 Å². The van der Waals surface area contributed by atoms with Crippen LogP contribution in [0, 0.1) is 23.7 Å². The molecule has 0 radical (unpaired) electrons. The fourth-order valence-corrected chi connectivity index (χ4v) is 4.49. The van der Waals surface area contributed by atoms with Gasteiger partial charge in [-0.2, -0.15) is 0 Å². The third-order valence-corrected chi connectivity index (χ3v) is 5.48. The van der Waals surface area contributed by atoms with Gasteiger partial charge < -0.3 is 10.4 Å². The monoisotopic (exact) mass is 265 g/mol. The number of hydrogen-bond acceptors (Lipinski definition) is 2. The lowest BCUT2D eigenvalue weighted by Crippen LogP contribution is -2.35. The molecule has 4 nitrogen and oxygen atoms in total. The van der Waals surface area contributed by atoms with Crippen LogP contribution < -0.4 is 5.32 Å². The highest BCUT2D eigenvalue weighted by Crippen LogP contribution is 2.49. The molecule has 3 fully saturated rings. The highest BCUT2D eigenvalue weighted by atomic mass is 16.4. The number of carbonyl (C=O) groups excluding carboxylic acids is 1. The predicted molar refractivity (Wildman–Crippen MR) is 70.5 cm³/mol. The van der Waals surface area contributed by atoms with Crippen molar-refractivity contribution in [2.24, 2.45) is 23.7 Å². The van der Waals surface area contributed by atoms with Gasteiger partial charge in [0.15, 0.2) is 0 Å². The molecule has 3 saturated carbocycles. The first kappa shape index (κ1) is 12.9. The summed E-state index contributed by atoms with van der Waals surface area (Å²) in [6.07, 6.45) is 8.04. The SMILES string of the molecule is O=C(CC1CC2CCC1C2)N[C@@H]1CC[C@H](C(=O)O)C1. The molecule has 3 aliphatic carbocycles. The van der Waals surface area contributed by atoms with E-state index >= 15 is 0 Å². The molecular formula is C15H23NO3. The maximum absolute atomic E-state index is 12.0. The molecule has 3 unspecified atom stereocenters. The molecule has 2 bridgehead atoms. The summed E-state index contributed by atoms with van der Waals surface area (Å²) < 4.78 is 0. The lowest BCUT2D eigenvalue weighted by atomic mass is 9.86. The lowest BCUT2D eigenvalue weighted by molar-refractivity contribution is -0.141. The quantitative estimate of drug-likeness (QED) is 0.818. The van der Waals surface area contributed by atoms with Crippen molar-refractivity contribution in [1.29, 1.82) is 0 Å². The number of nitrogens with one attached hydrogen (secondary N) is 1. The lowest BCUT2D eigenvalue weighted by Gasteiger charge is -2.22. The van der Waals surface area contributed by atoms with E-state index in [-0.39, 0.29) is 17.9 Å². The summed E-state index contributed by atoms with van der Waals surface area (Å²) in [5.74, 6) is 1.43. The largest absolute Gasteiger partial charge is 0.481 e. The third kappa shape index (κ3) is 2.77. The van der Waals surface area contributed by atoms with E-state index in [1.165, 1.54) is 25.7 Å². The summed E-state index contributed by atoms with van der Waals surface area (Å²) in [4.78, 5) is 22.9.